The summed E-state index contributed by atoms with van der Waals surface area (Å²) in [6.45, 7) is 5.89. The molecule has 7 heteroatoms. The second-order valence-corrected chi connectivity index (χ2v) is 10.7. The highest BCUT2D eigenvalue weighted by Crippen LogP contribution is 2.61. The molecular weight excluding hydrogens is 380 g/mol. The lowest BCUT2D eigenvalue weighted by Gasteiger charge is -2.57. The fourth-order valence-electron chi connectivity index (χ4n) is 7.04. The third-order valence-corrected chi connectivity index (χ3v) is 8.26. The van der Waals surface area contributed by atoms with Crippen LogP contribution < -0.4 is 5.32 Å². The second-order valence-electron chi connectivity index (χ2n) is 10.7. The normalized spacial score (nSPS) is 34.1. The van der Waals surface area contributed by atoms with Gasteiger partial charge >= 0.3 is 6.03 Å². The zero-order valence-corrected chi connectivity index (χ0v) is 18.8. The summed E-state index contributed by atoms with van der Waals surface area (Å²) in [5, 5.41) is 12.4. The van der Waals surface area contributed by atoms with Crippen LogP contribution in [0.3, 0.4) is 0 Å². The van der Waals surface area contributed by atoms with E-state index >= 15 is 0 Å². The van der Waals surface area contributed by atoms with Gasteiger partial charge in [-0.1, -0.05) is 0 Å². The molecule has 0 aromatic rings. The van der Waals surface area contributed by atoms with Gasteiger partial charge in [0, 0.05) is 39.3 Å². The van der Waals surface area contributed by atoms with Crippen molar-refractivity contribution in [1.29, 1.82) is 0 Å². The number of carbonyl (C=O) groups excluding carboxylic acids is 2. The molecule has 5 rings (SSSR count). The Hall–Kier alpha value is -1.34. The van der Waals surface area contributed by atoms with Crippen molar-refractivity contribution in [2.45, 2.75) is 57.9 Å². The number of carbonyl (C=O) groups is 2. The number of hydrogen-bond donors (Lipinski definition) is 2. The molecule has 1 heterocycles. The summed E-state index contributed by atoms with van der Waals surface area (Å²) in [5.74, 6) is 2.69. The van der Waals surface area contributed by atoms with E-state index < -0.39 is 6.04 Å². The van der Waals surface area contributed by atoms with Crippen molar-refractivity contribution in [2.24, 2.45) is 23.2 Å². The summed E-state index contributed by atoms with van der Waals surface area (Å²) >= 11 is 0. The van der Waals surface area contributed by atoms with E-state index in [1.165, 1.54) is 38.5 Å². The number of likely N-dealkylation sites (N-methyl/N-ethyl adjacent to an activating group) is 1. The topological polar surface area (TPSA) is 76.1 Å². The van der Waals surface area contributed by atoms with E-state index in [2.05, 4.69) is 17.3 Å². The highest BCUT2D eigenvalue weighted by Gasteiger charge is 2.50. The molecule has 7 nitrogen and oxygen atoms in total. The molecule has 5 aliphatic rings. The van der Waals surface area contributed by atoms with E-state index in [9.17, 15) is 14.7 Å². The first-order valence-electron chi connectivity index (χ1n) is 12.0. The molecule has 1 saturated heterocycles. The molecule has 0 aromatic carbocycles. The largest absolute Gasteiger partial charge is 0.395 e. The number of amides is 3. The quantitative estimate of drug-likeness (QED) is 0.658. The van der Waals surface area contributed by atoms with E-state index in [0.29, 0.717) is 31.6 Å². The van der Waals surface area contributed by atoms with Crippen LogP contribution in [-0.2, 0) is 4.79 Å². The van der Waals surface area contributed by atoms with Gasteiger partial charge in [0.05, 0.1) is 6.61 Å². The molecule has 1 aliphatic heterocycles. The summed E-state index contributed by atoms with van der Waals surface area (Å²) in [4.78, 5) is 31.4. The highest BCUT2D eigenvalue weighted by atomic mass is 16.3. The van der Waals surface area contributed by atoms with E-state index in [1.54, 1.807) is 11.8 Å². The van der Waals surface area contributed by atoms with Crippen molar-refractivity contribution in [3.8, 4) is 0 Å². The summed E-state index contributed by atoms with van der Waals surface area (Å²) in [7, 11) is 2.06. The Morgan fingerprint density at radius 1 is 1.03 bits per heavy atom. The Labute approximate surface area is 181 Å². The molecule has 4 saturated carbocycles. The zero-order valence-electron chi connectivity index (χ0n) is 18.8. The number of rotatable bonds is 7. The number of aliphatic hydroxyl groups excluding tert-OH is 1. The van der Waals surface area contributed by atoms with E-state index in [1.807, 2.05) is 4.90 Å². The number of urea groups is 1. The fraction of sp³-hybridized carbons (Fsp3) is 0.913. The Morgan fingerprint density at radius 3 is 2.13 bits per heavy atom. The molecule has 30 heavy (non-hydrogen) atoms. The van der Waals surface area contributed by atoms with Gasteiger partial charge < -0.3 is 25.1 Å². The van der Waals surface area contributed by atoms with Gasteiger partial charge in [-0.3, -0.25) is 4.79 Å². The van der Waals surface area contributed by atoms with Crippen LogP contribution in [0.25, 0.3) is 0 Å². The summed E-state index contributed by atoms with van der Waals surface area (Å²) in [5.41, 5.74) is 0.407. The molecule has 0 radical (unpaired) electrons. The third kappa shape index (κ3) is 4.77. The first-order valence-corrected chi connectivity index (χ1v) is 12.0. The van der Waals surface area contributed by atoms with Crippen molar-refractivity contribution in [3.05, 3.63) is 0 Å². The van der Waals surface area contributed by atoms with Gasteiger partial charge in [0.2, 0.25) is 5.91 Å². The molecule has 5 fully saturated rings. The molecule has 3 amide bonds. The Kier molecular flexibility index (Phi) is 6.58. The predicted molar refractivity (Wildman–Crippen MR) is 116 cm³/mol. The van der Waals surface area contributed by atoms with Gasteiger partial charge in [-0.2, -0.15) is 0 Å². The van der Waals surface area contributed by atoms with Crippen LogP contribution in [0.15, 0.2) is 0 Å². The molecule has 2 N–H and O–H groups in total. The average Bonchev–Trinajstić information content (AvgIpc) is 2.70. The fourth-order valence-corrected chi connectivity index (χ4v) is 7.04. The first kappa shape index (κ1) is 21.9. The standard InChI is InChI=1S/C23H40N4O3/c1-17(21(29)26-7-5-25(2)6-8-26)24-22(30)27(9-10-28)4-3-23-14-18-11-19(15-23)13-20(12-18)16-23/h17-20,28H,3-16H2,1-2H3,(H,24,30). The van der Waals surface area contributed by atoms with Gasteiger partial charge in [0.25, 0.3) is 0 Å². The highest BCUT2D eigenvalue weighted by molar-refractivity contribution is 5.86. The third-order valence-electron chi connectivity index (χ3n) is 8.26. The molecule has 4 bridgehead atoms. The summed E-state index contributed by atoms with van der Waals surface area (Å²) in [6, 6.07) is -0.759. The minimum atomic E-state index is -0.540. The lowest BCUT2D eigenvalue weighted by molar-refractivity contribution is -0.134. The van der Waals surface area contributed by atoms with E-state index in [0.717, 1.165) is 37.3 Å². The lowest BCUT2D eigenvalue weighted by Crippen LogP contribution is -2.55. The van der Waals surface area contributed by atoms with Crippen molar-refractivity contribution in [2.75, 3.05) is 52.9 Å². The molecular formula is C23H40N4O3. The van der Waals surface area contributed by atoms with Crippen molar-refractivity contribution >= 4 is 11.9 Å². The Bertz CT molecular complexity index is 597. The van der Waals surface area contributed by atoms with Crippen LogP contribution >= 0.6 is 0 Å². The van der Waals surface area contributed by atoms with Gasteiger partial charge in [0.15, 0.2) is 0 Å². The van der Waals surface area contributed by atoms with Crippen LogP contribution in [-0.4, -0.2) is 90.7 Å². The van der Waals surface area contributed by atoms with Gasteiger partial charge in [-0.15, -0.1) is 0 Å². The number of piperazine rings is 1. The van der Waals surface area contributed by atoms with Gasteiger partial charge in [-0.25, -0.2) is 4.79 Å². The number of hydrogen-bond acceptors (Lipinski definition) is 4. The van der Waals surface area contributed by atoms with Gasteiger partial charge in [-0.05, 0) is 82.1 Å². The van der Waals surface area contributed by atoms with Crippen molar-refractivity contribution in [1.82, 2.24) is 20.0 Å². The monoisotopic (exact) mass is 420 g/mol. The van der Waals surface area contributed by atoms with Crippen LogP contribution in [0.1, 0.15) is 51.9 Å². The minimum Gasteiger partial charge on any atom is -0.395 e. The van der Waals surface area contributed by atoms with E-state index in [4.69, 9.17) is 0 Å². The first-order chi connectivity index (χ1) is 14.4. The van der Waals surface area contributed by atoms with Gasteiger partial charge in [0.1, 0.15) is 6.04 Å². The lowest BCUT2D eigenvalue weighted by atomic mass is 9.49. The SMILES string of the molecule is CC(NC(=O)N(CCO)CCC12CC3CC(CC(C3)C1)C2)C(=O)N1CCN(C)CC1. The van der Waals surface area contributed by atoms with Crippen molar-refractivity contribution in [3.63, 3.8) is 0 Å². The Balaban J connectivity index is 1.30. The molecule has 170 valence electrons. The average molecular weight is 421 g/mol. The number of aliphatic hydroxyl groups is 1. The predicted octanol–water partition coefficient (Wildman–Crippen LogP) is 1.76. The summed E-state index contributed by atoms with van der Waals surface area (Å²) in [6.07, 6.45) is 9.28. The molecule has 1 atom stereocenters. The smallest absolute Gasteiger partial charge is 0.318 e. The minimum absolute atomic E-state index is 0.0125. The summed E-state index contributed by atoms with van der Waals surface area (Å²) < 4.78 is 0. The number of nitrogens with zero attached hydrogens (tertiary/aromatic N) is 3. The molecule has 4 aliphatic carbocycles. The maximum absolute atomic E-state index is 12.9. The molecule has 0 aromatic heterocycles. The van der Waals surface area contributed by atoms with E-state index in [-0.39, 0.29) is 18.5 Å². The zero-order chi connectivity index (χ0) is 21.3. The van der Waals surface area contributed by atoms with Crippen LogP contribution in [0.2, 0.25) is 0 Å². The van der Waals surface area contributed by atoms with Crippen LogP contribution in [0.4, 0.5) is 4.79 Å². The maximum atomic E-state index is 12.9. The number of nitrogens with one attached hydrogen (secondary N) is 1. The Morgan fingerprint density at radius 2 is 1.60 bits per heavy atom. The molecule has 0 spiro atoms. The second kappa shape index (κ2) is 9.03. The van der Waals surface area contributed by atoms with Crippen LogP contribution in [0, 0.1) is 23.2 Å². The van der Waals surface area contributed by atoms with Crippen molar-refractivity contribution < 1.29 is 14.7 Å². The maximum Gasteiger partial charge on any atom is 0.318 e. The molecule has 1 unspecified atom stereocenters. The van der Waals surface area contributed by atoms with Crippen LogP contribution in [0.5, 0.6) is 0 Å².